The smallest absolute Gasteiger partial charge is 0.0397 e. The third-order valence-corrected chi connectivity index (χ3v) is 5.72. The second-order valence-electron chi connectivity index (χ2n) is 6.90. The highest BCUT2D eigenvalue weighted by Gasteiger charge is 2.37. The zero-order valence-corrected chi connectivity index (χ0v) is 12.2. The van der Waals surface area contributed by atoms with E-state index >= 15 is 0 Å². The van der Waals surface area contributed by atoms with Crippen molar-refractivity contribution in [3.05, 3.63) is 24.5 Å². The number of hydrogen-bond donors (Lipinski definition) is 0. The Kier molecular flexibility index (Phi) is 3.39. The molecule has 0 amide bonds. The maximum atomic E-state index is 4.12. The minimum atomic E-state index is 0.890. The van der Waals surface area contributed by atoms with E-state index in [0.29, 0.717) is 0 Å². The monoisotopic (exact) mass is 271 g/mol. The van der Waals surface area contributed by atoms with Crippen LogP contribution in [0.3, 0.4) is 0 Å². The third-order valence-electron chi connectivity index (χ3n) is 5.72. The molecule has 2 bridgehead atoms. The summed E-state index contributed by atoms with van der Waals surface area (Å²) in [7, 11) is 0. The molecule has 0 aromatic carbocycles. The van der Waals surface area contributed by atoms with E-state index in [4.69, 9.17) is 0 Å². The molecule has 1 aromatic rings. The molecule has 2 aliphatic carbocycles. The van der Waals surface area contributed by atoms with Crippen LogP contribution in [-0.2, 0) is 0 Å². The highest BCUT2D eigenvalue weighted by molar-refractivity contribution is 5.44. The lowest BCUT2D eigenvalue weighted by molar-refractivity contribution is 0.119. The molecule has 0 N–H and O–H groups in total. The molecule has 1 aromatic heterocycles. The highest BCUT2D eigenvalue weighted by Crippen LogP contribution is 2.43. The summed E-state index contributed by atoms with van der Waals surface area (Å²) in [6, 6.07) is 5.16. The van der Waals surface area contributed by atoms with Gasteiger partial charge in [-0.25, -0.2) is 0 Å². The van der Waals surface area contributed by atoms with E-state index in [9.17, 15) is 0 Å². The molecule has 3 heteroatoms. The molecule has 1 aliphatic heterocycles. The number of piperazine rings is 1. The van der Waals surface area contributed by atoms with Crippen molar-refractivity contribution < 1.29 is 0 Å². The fourth-order valence-corrected chi connectivity index (χ4v) is 4.67. The van der Waals surface area contributed by atoms with Gasteiger partial charge in [-0.1, -0.05) is 12.8 Å². The largest absolute Gasteiger partial charge is 0.369 e. The Hall–Kier alpha value is -1.09. The second kappa shape index (κ2) is 5.36. The van der Waals surface area contributed by atoms with Crippen LogP contribution < -0.4 is 4.90 Å². The van der Waals surface area contributed by atoms with E-state index in [1.807, 2.05) is 12.4 Å². The predicted octanol–water partition coefficient (Wildman–Crippen LogP) is 2.78. The van der Waals surface area contributed by atoms with Crippen molar-refractivity contribution in [2.45, 2.75) is 38.1 Å². The molecular formula is C17H25N3. The van der Waals surface area contributed by atoms with Crippen molar-refractivity contribution >= 4 is 5.69 Å². The SMILES string of the molecule is c1cc(N2CCN(C3C[C@H]4CC[C@H](C3)C4)CC2)ccn1. The first-order valence-corrected chi connectivity index (χ1v) is 8.27. The first-order valence-electron chi connectivity index (χ1n) is 8.27. The van der Waals surface area contributed by atoms with Gasteiger partial charge in [0.05, 0.1) is 0 Å². The van der Waals surface area contributed by atoms with Crippen molar-refractivity contribution in [2.75, 3.05) is 31.1 Å². The lowest BCUT2D eigenvalue weighted by atomic mass is 9.84. The van der Waals surface area contributed by atoms with Gasteiger partial charge in [0.2, 0.25) is 0 Å². The van der Waals surface area contributed by atoms with Gasteiger partial charge in [-0.3, -0.25) is 9.88 Å². The van der Waals surface area contributed by atoms with Crippen LogP contribution in [0.25, 0.3) is 0 Å². The molecule has 3 nitrogen and oxygen atoms in total. The van der Waals surface area contributed by atoms with E-state index < -0.39 is 0 Å². The summed E-state index contributed by atoms with van der Waals surface area (Å²) in [6.07, 6.45) is 11.3. The Bertz CT molecular complexity index is 427. The summed E-state index contributed by atoms with van der Waals surface area (Å²) in [4.78, 5) is 9.40. The first kappa shape index (κ1) is 12.6. The van der Waals surface area contributed by atoms with Crippen molar-refractivity contribution in [2.24, 2.45) is 11.8 Å². The third kappa shape index (κ3) is 2.44. The van der Waals surface area contributed by atoms with E-state index in [2.05, 4.69) is 26.9 Å². The number of hydrogen-bond acceptors (Lipinski definition) is 3. The minimum absolute atomic E-state index is 0.890. The van der Waals surface area contributed by atoms with Gasteiger partial charge in [-0.05, 0) is 43.2 Å². The van der Waals surface area contributed by atoms with Crippen LogP contribution in [0.5, 0.6) is 0 Å². The van der Waals surface area contributed by atoms with Gasteiger partial charge in [0, 0.05) is 50.3 Å². The standard InChI is InChI=1S/C17H25N3/c1-2-15-11-14(1)12-17(13-15)20-9-7-19(8-10-20)16-3-5-18-6-4-16/h3-6,14-15,17H,1-2,7-13H2/t14-,15-/m0/s1. The predicted molar refractivity (Wildman–Crippen MR) is 81.9 cm³/mol. The molecule has 20 heavy (non-hydrogen) atoms. The Morgan fingerprint density at radius 2 is 1.50 bits per heavy atom. The quantitative estimate of drug-likeness (QED) is 0.824. The molecule has 2 saturated carbocycles. The van der Waals surface area contributed by atoms with Crippen LogP contribution in [-0.4, -0.2) is 42.1 Å². The van der Waals surface area contributed by atoms with E-state index in [1.165, 1.54) is 64.0 Å². The van der Waals surface area contributed by atoms with Crippen LogP contribution in [0, 0.1) is 11.8 Å². The molecule has 2 heterocycles. The maximum absolute atomic E-state index is 4.12. The molecule has 3 aliphatic rings. The number of anilines is 1. The average Bonchev–Trinajstić information content (AvgIpc) is 2.87. The maximum Gasteiger partial charge on any atom is 0.0397 e. The number of aromatic nitrogens is 1. The molecule has 3 fully saturated rings. The van der Waals surface area contributed by atoms with E-state index in [0.717, 1.165) is 17.9 Å². The van der Waals surface area contributed by atoms with Crippen molar-refractivity contribution in [1.82, 2.24) is 9.88 Å². The van der Waals surface area contributed by atoms with Crippen molar-refractivity contribution in [1.29, 1.82) is 0 Å². The van der Waals surface area contributed by atoms with Crippen LogP contribution in [0.2, 0.25) is 0 Å². The number of pyridine rings is 1. The van der Waals surface area contributed by atoms with Gasteiger partial charge in [-0.2, -0.15) is 0 Å². The molecule has 0 unspecified atom stereocenters. The fourth-order valence-electron chi connectivity index (χ4n) is 4.67. The molecule has 4 rings (SSSR count). The second-order valence-corrected chi connectivity index (χ2v) is 6.90. The fraction of sp³-hybridized carbons (Fsp3) is 0.706. The summed E-state index contributed by atoms with van der Waals surface area (Å²) in [5.74, 6) is 2.11. The summed E-state index contributed by atoms with van der Waals surface area (Å²) in [6.45, 7) is 4.84. The number of rotatable bonds is 2. The van der Waals surface area contributed by atoms with Gasteiger partial charge in [-0.15, -0.1) is 0 Å². The van der Waals surface area contributed by atoms with Crippen molar-refractivity contribution in [3.63, 3.8) is 0 Å². The van der Waals surface area contributed by atoms with Gasteiger partial charge >= 0.3 is 0 Å². The van der Waals surface area contributed by atoms with Crippen LogP contribution >= 0.6 is 0 Å². The Balaban J connectivity index is 1.35. The molecule has 108 valence electrons. The minimum Gasteiger partial charge on any atom is -0.369 e. The van der Waals surface area contributed by atoms with Crippen LogP contribution in [0.4, 0.5) is 5.69 Å². The zero-order chi connectivity index (χ0) is 13.4. The number of fused-ring (bicyclic) bond motifs is 2. The van der Waals surface area contributed by atoms with Gasteiger partial charge < -0.3 is 4.90 Å². The molecule has 0 spiro atoms. The van der Waals surface area contributed by atoms with Crippen LogP contribution in [0.1, 0.15) is 32.1 Å². The van der Waals surface area contributed by atoms with E-state index in [-0.39, 0.29) is 0 Å². The topological polar surface area (TPSA) is 19.4 Å². The average molecular weight is 271 g/mol. The molecule has 0 radical (unpaired) electrons. The van der Waals surface area contributed by atoms with Crippen molar-refractivity contribution in [3.8, 4) is 0 Å². The summed E-state index contributed by atoms with van der Waals surface area (Å²) in [5, 5.41) is 0. The van der Waals surface area contributed by atoms with Gasteiger partial charge in [0.15, 0.2) is 0 Å². The summed E-state index contributed by atoms with van der Waals surface area (Å²) < 4.78 is 0. The number of nitrogens with zero attached hydrogens (tertiary/aromatic N) is 3. The molecule has 1 saturated heterocycles. The van der Waals surface area contributed by atoms with Crippen LogP contribution in [0.15, 0.2) is 24.5 Å². The highest BCUT2D eigenvalue weighted by atomic mass is 15.3. The van der Waals surface area contributed by atoms with Gasteiger partial charge in [0.1, 0.15) is 0 Å². The lowest BCUT2D eigenvalue weighted by Crippen LogP contribution is -2.51. The molecule has 2 atom stereocenters. The zero-order valence-electron chi connectivity index (χ0n) is 12.2. The Morgan fingerprint density at radius 3 is 2.15 bits per heavy atom. The molecular weight excluding hydrogens is 246 g/mol. The summed E-state index contributed by atoms with van der Waals surface area (Å²) in [5.41, 5.74) is 1.34. The normalized spacial score (nSPS) is 34.4. The van der Waals surface area contributed by atoms with Gasteiger partial charge in [0.25, 0.3) is 0 Å². The Labute approximate surface area is 122 Å². The lowest BCUT2D eigenvalue weighted by Gasteiger charge is -2.43. The summed E-state index contributed by atoms with van der Waals surface area (Å²) >= 11 is 0. The Morgan fingerprint density at radius 1 is 0.850 bits per heavy atom. The van der Waals surface area contributed by atoms with E-state index in [1.54, 1.807) is 0 Å². The first-order chi connectivity index (χ1) is 9.88.